The maximum absolute atomic E-state index is 5.15. The SMILES string of the molecule is COc1ccc(-c2cn(CCc3ccccn3)nn2)cc1. The fourth-order valence-electron chi connectivity index (χ4n) is 2.08. The number of nitrogens with zero attached hydrogens (tertiary/aromatic N) is 4. The zero-order valence-corrected chi connectivity index (χ0v) is 11.8. The Balaban J connectivity index is 1.68. The Bertz CT molecular complexity index is 692. The monoisotopic (exact) mass is 280 g/mol. The smallest absolute Gasteiger partial charge is 0.118 e. The Kier molecular flexibility index (Phi) is 3.91. The topological polar surface area (TPSA) is 52.8 Å². The summed E-state index contributed by atoms with van der Waals surface area (Å²) in [5, 5.41) is 8.36. The fraction of sp³-hybridized carbons (Fsp3) is 0.188. The van der Waals surface area contributed by atoms with Crippen LogP contribution < -0.4 is 4.74 Å². The van der Waals surface area contributed by atoms with E-state index in [1.807, 2.05) is 53.3 Å². The molecule has 3 rings (SSSR count). The first-order valence-electron chi connectivity index (χ1n) is 6.79. The lowest BCUT2D eigenvalue weighted by Gasteiger charge is -2.00. The van der Waals surface area contributed by atoms with Gasteiger partial charge in [-0.25, -0.2) is 0 Å². The van der Waals surface area contributed by atoms with Gasteiger partial charge in [0, 0.05) is 30.4 Å². The number of ether oxygens (including phenoxy) is 1. The highest BCUT2D eigenvalue weighted by molar-refractivity contribution is 5.58. The van der Waals surface area contributed by atoms with Crippen LogP contribution in [0.25, 0.3) is 11.3 Å². The summed E-state index contributed by atoms with van der Waals surface area (Å²) in [5.41, 5.74) is 2.94. The lowest BCUT2D eigenvalue weighted by molar-refractivity contribution is 0.415. The molecule has 0 radical (unpaired) electrons. The first-order valence-corrected chi connectivity index (χ1v) is 6.79. The second-order valence-electron chi connectivity index (χ2n) is 4.67. The van der Waals surface area contributed by atoms with Gasteiger partial charge in [-0.1, -0.05) is 11.3 Å². The first kappa shape index (κ1) is 13.3. The highest BCUT2D eigenvalue weighted by Crippen LogP contribution is 2.19. The quantitative estimate of drug-likeness (QED) is 0.721. The molecule has 0 fully saturated rings. The molecule has 21 heavy (non-hydrogen) atoms. The van der Waals surface area contributed by atoms with Gasteiger partial charge in [-0.2, -0.15) is 0 Å². The molecule has 106 valence electrons. The van der Waals surface area contributed by atoms with E-state index >= 15 is 0 Å². The number of hydrogen-bond donors (Lipinski definition) is 0. The van der Waals surface area contributed by atoms with Crippen LogP contribution in [-0.4, -0.2) is 27.1 Å². The van der Waals surface area contributed by atoms with Crippen molar-refractivity contribution in [3.8, 4) is 17.0 Å². The van der Waals surface area contributed by atoms with E-state index in [2.05, 4.69) is 15.3 Å². The van der Waals surface area contributed by atoms with Crippen LogP contribution >= 0.6 is 0 Å². The zero-order chi connectivity index (χ0) is 14.5. The van der Waals surface area contributed by atoms with Crippen LogP contribution in [0, 0.1) is 0 Å². The number of benzene rings is 1. The Hall–Kier alpha value is -2.69. The Morgan fingerprint density at radius 1 is 1.10 bits per heavy atom. The summed E-state index contributed by atoms with van der Waals surface area (Å²) in [4.78, 5) is 4.30. The average Bonchev–Trinajstić information content (AvgIpc) is 3.03. The molecule has 3 aromatic rings. The first-order chi connectivity index (χ1) is 10.3. The summed E-state index contributed by atoms with van der Waals surface area (Å²) in [6, 6.07) is 13.7. The summed E-state index contributed by atoms with van der Waals surface area (Å²) in [5.74, 6) is 0.835. The van der Waals surface area contributed by atoms with Crippen molar-refractivity contribution in [2.24, 2.45) is 0 Å². The number of hydrogen-bond acceptors (Lipinski definition) is 4. The third-order valence-electron chi connectivity index (χ3n) is 3.25. The van der Waals surface area contributed by atoms with E-state index in [1.165, 1.54) is 0 Å². The van der Waals surface area contributed by atoms with Gasteiger partial charge in [-0.15, -0.1) is 5.10 Å². The van der Waals surface area contributed by atoms with Crippen LogP contribution in [0.2, 0.25) is 0 Å². The van der Waals surface area contributed by atoms with Gasteiger partial charge in [-0.3, -0.25) is 9.67 Å². The molecule has 0 spiro atoms. The van der Waals surface area contributed by atoms with E-state index in [-0.39, 0.29) is 0 Å². The van der Waals surface area contributed by atoms with Gasteiger partial charge in [0.15, 0.2) is 0 Å². The number of rotatable bonds is 5. The summed E-state index contributed by atoms with van der Waals surface area (Å²) in [6.07, 6.45) is 4.59. The number of methoxy groups -OCH3 is 1. The van der Waals surface area contributed by atoms with Gasteiger partial charge in [0.25, 0.3) is 0 Å². The van der Waals surface area contributed by atoms with Crippen LogP contribution in [-0.2, 0) is 13.0 Å². The van der Waals surface area contributed by atoms with Gasteiger partial charge < -0.3 is 4.74 Å². The summed E-state index contributed by atoms with van der Waals surface area (Å²) >= 11 is 0. The molecule has 0 aliphatic heterocycles. The van der Waals surface area contributed by atoms with Crippen molar-refractivity contribution in [3.05, 3.63) is 60.6 Å². The molecule has 0 saturated carbocycles. The van der Waals surface area contributed by atoms with Crippen molar-refractivity contribution in [2.75, 3.05) is 7.11 Å². The molecule has 5 heteroatoms. The van der Waals surface area contributed by atoms with Gasteiger partial charge >= 0.3 is 0 Å². The molecule has 0 unspecified atom stereocenters. The van der Waals surface area contributed by atoms with E-state index in [4.69, 9.17) is 4.74 Å². The predicted octanol–water partition coefficient (Wildman–Crippen LogP) is 2.59. The minimum absolute atomic E-state index is 0.764. The maximum atomic E-state index is 5.15. The van der Waals surface area contributed by atoms with Crippen molar-refractivity contribution in [1.82, 2.24) is 20.0 Å². The number of pyridine rings is 1. The molecule has 0 atom stereocenters. The maximum Gasteiger partial charge on any atom is 0.118 e. The van der Waals surface area contributed by atoms with Crippen molar-refractivity contribution < 1.29 is 4.74 Å². The normalized spacial score (nSPS) is 10.5. The van der Waals surface area contributed by atoms with Crippen LogP contribution in [0.3, 0.4) is 0 Å². The molecule has 0 N–H and O–H groups in total. The third kappa shape index (κ3) is 3.25. The predicted molar refractivity (Wildman–Crippen MR) is 80.0 cm³/mol. The van der Waals surface area contributed by atoms with Gasteiger partial charge in [-0.05, 0) is 36.4 Å². The van der Waals surface area contributed by atoms with Gasteiger partial charge in [0.05, 0.1) is 13.3 Å². The Morgan fingerprint density at radius 2 is 1.95 bits per heavy atom. The molecule has 2 heterocycles. The summed E-state index contributed by atoms with van der Waals surface area (Å²) in [6.45, 7) is 0.764. The summed E-state index contributed by atoms with van der Waals surface area (Å²) in [7, 11) is 1.66. The minimum Gasteiger partial charge on any atom is -0.497 e. The molecule has 0 bridgehead atoms. The average molecular weight is 280 g/mol. The molecule has 0 aliphatic rings. The lowest BCUT2D eigenvalue weighted by atomic mass is 10.2. The molecule has 2 aromatic heterocycles. The van der Waals surface area contributed by atoms with E-state index in [9.17, 15) is 0 Å². The van der Waals surface area contributed by atoms with Crippen LogP contribution in [0.15, 0.2) is 54.9 Å². The molecule has 5 nitrogen and oxygen atoms in total. The fourth-order valence-corrected chi connectivity index (χ4v) is 2.08. The molecule has 1 aromatic carbocycles. The highest BCUT2D eigenvalue weighted by atomic mass is 16.5. The summed E-state index contributed by atoms with van der Waals surface area (Å²) < 4.78 is 6.99. The number of aryl methyl sites for hydroxylation is 2. The highest BCUT2D eigenvalue weighted by Gasteiger charge is 2.04. The van der Waals surface area contributed by atoms with Crippen LogP contribution in [0.1, 0.15) is 5.69 Å². The Labute approximate surface area is 123 Å². The third-order valence-corrected chi connectivity index (χ3v) is 3.25. The Morgan fingerprint density at radius 3 is 2.67 bits per heavy atom. The van der Waals surface area contributed by atoms with E-state index in [0.29, 0.717) is 0 Å². The zero-order valence-electron chi connectivity index (χ0n) is 11.8. The van der Waals surface area contributed by atoms with Gasteiger partial charge in [0.1, 0.15) is 11.4 Å². The molecule has 0 amide bonds. The molecule has 0 aliphatic carbocycles. The molecular formula is C16H16N4O. The van der Waals surface area contributed by atoms with E-state index in [0.717, 1.165) is 35.7 Å². The van der Waals surface area contributed by atoms with Crippen molar-refractivity contribution >= 4 is 0 Å². The largest absolute Gasteiger partial charge is 0.497 e. The standard InChI is InChI=1S/C16H16N4O/c1-21-15-7-5-13(6-8-15)16-12-20(19-18-16)11-9-14-4-2-3-10-17-14/h2-8,10,12H,9,11H2,1H3. The molecule has 0 saturated heterocycles. The lowest BCUT2D eigenvalue weighted by Crippen LogP contribution is -2.03. The second-order valence-corrected chi connectivity index (χ2v) is 4.67. The minimum atomic E-state index is 0.764. The second kappa shape index (κ2) is 6.17. The number of aromatic nitrogens is 4. The van der Waals surface area contributed by atoms with Gasteiger partial charge in [0.2, 0.25) is 0 Å². The molecular weight excluding hydrogens is 264 g/mol. The van der Waals surface area contributed by atoms with Crippen LogP contribution in [0.4, 0.5) is 0 Å². The van der Waals surface area contributed by atoms with Crippen molar-refractivity contribution in [3.63, 3.8) is 0 Å². The van der Waals surface area contributed by atoms with Crippen molar-refractivity contribution in [2.45, 2.75) is 13.0 Å². The van der Waals surface area contributed by atoms with E-state index < -0.39 is 0 Å². The van der Waals surface area contributed by atoms with Crippen LogP contribution in [0.5, 0.6) is 5.75 Å². The van der Waals surface area contributed by atoms with Crippen molar-refractivity contribution in [1.29, 1.82) is 0 Å². The van der Waals surface area contributed by atoms with E-state index in [1.54, 1.807) is 13.3 Å².